The number of thioether (sulfide) groups is 2. The number of carbonyl (C=O) groups is 1. The smallest absolute Gasteiger partial charge is 0.238 e. The van der Waals surface area contributed by atoms with Crippen LogP contribution in [0.2, 0.25) is 0 Å². The van der Waals surface area contributed by atoms with Gasteiger partial charge in [0.25, 0.3) is 0 Å². The van der Waals surface area contributed by atoms with E-state index in [4.69, 9.17) is 4.74 Å². The van der Waals surface area contributed by atoms with E-state index >= 15 is 0 Å². The number of rotatable bonds is 4. The van der Waals surface area contributed by atoms with E-state index in [1.165, 1.54) is 4.90 Å². The third-order valence-electron chi connectivity index (χ3n) is 3.62. The van der Waals surface area contributed by atoms with Gasteiger partial charge < -0.3 is 4.74 Å². The highest BCUT2D eigenvalue weighted by atomic mass is 32.2. The molecule has 3 rings (SSSR count). The molecule has 0 spiro atoms. The highest BCUT2D eigenvalue weighted by molar-refractivity contribution is 8.00. The van der Waals surface area contributed by atoms with Crippen molar-refractivity contribution in [2.24, 2.45) is 0 Å². The lowest BCUT2D eigenvalue weighted by Gasteiger charge is -2.24. The number of methoxy groups -OCH3 is 1. The minimum atomic E-state index is 0.0387. The Labute approximate surface area is 139 Å². The van der Waals surface area contributed by atoms with Crippen molar-refractivity contribution in [3.63, 3.8) is 0 Å². The van der Waals surface area contributed by atoms with Crippen LogP contribution in [0.1, 0.15) is 10.9 Å². The molecule has 1 aliphatic heterocycles. The first-order valence-electron chi connectivity index (χ1n) is 6.94. The maximum Gasteiger partial charge on any atom is 0.238 e. The summed E-state index contributed by atoms with van der Waals surface area (Å²) in [5.74, 6) is 1.46. The number of hydrogen-bond acceptors (Lipinski definition) is 4. The Hall–Kier alpha value is -1.59. The Morgan fingerprint density at radius 2 is 1.82 bits per heavy atom. The third kappa shape index (κ3) is 2.96. The molecule has 1 amide bonds. The lowest BCUT2D eigenvalue weighted by molar-refractivity contribution is -0.115. The van der Waals surface area contributed by atoms with Crippen molar-refractivity contribution in [2.75, 3.05) is 24.0 Å². The molecule has 2 aromatic carbocycles. The summed E-state index contributed by atoms with van der Waals surface area (Å²) in [5.41, 5.74) is 2.07. The van der Waals surface area contributed by atoms with E-state index in [9.17, 15) is 4.79 Å². The molecular formula is C17H17NO2S2. The second kappa shape index (κ2) is 6.67. The minimum absolute atomic E-state index is 0.0387. The fourth-order valence-corrected chi connectivity index (χ4v) is 4.05. The zero-order valence-electron chi connectivity index (χ0n) is 12.5. The normalized spacial score (nSPS) is 17.8. The molecule has 0 aromatic heterocycles. The van der Waals surface area contributed by atoms with Crippen LogP contribution in [-0.4, -0.2) is 25.0 Å². The molecular weight excluding hydrogens is 314 g/mol. The fourth-order valence-electron chi connectivity index (χ4n) is 2.46. The van der Waals surface area contributed by atoms with Gasteiger partial charge in [-0.1, -0.05) is 12.1 Å². The summed E-state index contributed by atoms with van der Waals surface area (Å²) in [4.78, 5) is 15.4. The average molecular weight is 331 g/mol. The Kier molecular flexibility index (Phi) is 4.64. The predicted molar refractivity (Wildman–Crippen MR) is 93.9 cm³/mol. The number of amides is 1. The largest absolute Gasteiger partial charge is 0.497 e. The summed E-state index contributed by atoms with van der Waals surface area (Å²) in [5, 5.41) is 0.0387. The highest BCUT2D eigenvalue weighted by Gasteiger charge is 2.33. The topological polar surface area (TPSA) is 29.5 Å². The van der Waals surface area contributed by atoms with Crippen LogP contribution < -0.4 is 9.64 Å². The zero-order chi connectivity index (χ0) is 15.5. The summed E-state index contributed by atoms with van der Waals surface area (Å²) in [6.07, 6.45) is 2.06. The minimum Gasteiger partial charge on any atom is -0.497 e. The molecule has 114 valence electrons. The van der Waals surface area contributed by atoms with Crippen molar-refractivity contribution >= 4 is 35.1 Å². The van der Waals surface area contributed by atoms with E-state index in [2.05, 4.69) is 30.5 Å². The van der Waals surface area contributed by atoms with Crippen molar-refractivity contribution < 1.29 is 9.53 Å². The van der Waals surface area contributed by atoms with Gasteiger partial charge in [0.1, 0.15) is 11.1 Å². The summed E-state index contributed by atoms with van der Waals surface area (Å²) >= 11 is 3.39. The molecule has 0 bridgehead atoms. The van der Waals surface area contributed by atoms with Gasteiger partial charge in [0.05, 0.1) is 12.9 Å². The molecule has 1 atom stereocenters. The molecule has 1 heterocycles. The van der Waals surface area contributed by atoms with Crippen LogP contribution in [0.3, 0.4) is 0 Å². The van der Waals surface area contributed by atoms with Crippen molar-refractivity contribution in [1.82, 2.24) is 0 Å². The van der Waals surface area contributed by atoms with Crippen LogP contribution in [0.15, 0.2) is 53.4 Å². The molecule has 1 aliphatic rings. The maximum absolute atomic E-state index is 12.3. The average Bonchev–Trinajstić information content (AvgIpc) is 2.96. The molecule has 0 unspecified atom stereocenters. The monoisotopic (exact) mass is 331 g/mol. The number of hydrogen-bond donors (Lipinski definition) is 0. The Bertz CT molecular complexity index is 655. The van der Waals surface area contributed by atoms with Gasteiger partial charge in [-0.15, -0.1) is 23.5 Å². The van der Waals surface area contributed by atoms with Crippen LogP contribution >= 0.6 is 23.5 Å². The summed E-state index contributed by atoms with van der Waals surface area (Å²) in [7, 11) is 1.64. The van der Waals surface area contributed by atoms with E-state index in [-0.39, 0.29) is 11.3 Å². The Morgan fingerprint density at radius 1 is 1.14 bits per heavy atom. The quantitative estimate of drug-likeness (QED) is 0.786. The van der Waals surface area contributed by atoms with Gasteiger partial charge in [-0.3, -0.25) is 9.69 Å². The van der Waals surface area contributed by atoms with Gasteiger partial charge in [-0.2, -0.15) is 0 Å². The second-order valence-corrected chi connectivity index (χ2v) is 6.85. The molecule has 1 fully saturated rings. The standard InChI is InChI=1S/C17H17NO2S2/c1-20-14-7-5-13(6-8-14)18-16(19)11-22-17(18)12-3-9-15(21-2)10-4-12/h3-10,17H,11H2,1-2H3/t17-/m1/s1. The highest BCUT2D eigenvalue weighted by Crippen LogP contribution is 2.42. The molecule has 0 N–H and O–H groups in total. The molecule has 3 nitrogen and oxygen atoms in total. The summed E-state index contributed by atoms with van der Waals surface area (Å²) in [6.45, 7) is 0. The van der Waals surface area contributed by atoms with Gasteiger partial charge in [0, 0.05) is 10.6 Å². The molecule has 0 radical (unpaired) electrons. The molecule has 0 saturated carbocycles. The maximum atomic E-state index is 12.3. The lowest BCUT2D eigenvalue weighted by atomic mass is 10.2. The van der Waals surface area contributed by atoms with Crippen molar-refractivity contribution in [2.45, 2.75) is 10.3 Å². The first kappa shape index (κ1) is 15.3. The molecule has 0 aliphatic carbocycles. The summed E-state index contributed by atoms with van der Waals surface area (Å²) < 4.78 is 5.18. The van der Waals surface area contributed by atoms with Crippen molar-refractivity contribution in [3.8, 4) is 5.75 Å². The van der Waals surface area contributed by atoms with Crippen LogP contribution in [-0.2, 0) is 4.79 Å². The van der Waals surface area contributed by atoms with Crippen LogP contribution in [0.5, 0.6) is 5.75 Å². The van der Waals surface area contributed by atoms with E-state index < -0.39 is 0 Å². The van der Waals surface area contributed by atoms with Crippen LogP contribution in [0, 0.1) is 0 Å². The van der Waals surface area contributed by atoms with Gasteiger partial charge in [-0.05, 0) is 48.2 Å². The first-order valence-corrected chi connectivity index (χ1v) is 9.22. The van der Waals surface area contributed by atoms with Gasteiger partial charge in [0.15, 0.2) is 0 Å². The number of benzene rings is 2. The zero-order valence-corrected chi connectivity index (χ0v) is 14.1. The number of anilines is 1. The first-order chi connectivity index (χ1) is 10.7. The van der Waals surface area contributed by atoms with Crippen molar-refractivity contribution in [1.29, 1.82) is 0 Å². The summed E-state index contributed by atoms with van der Waals surface area (Å²) in [6, 6.07) is 16.1. The van der Waals surface area contributed by atoms with Crippen molar-refractivity contribution in [3.05, 3.63) is 54.1 Å². The van der Waals surface area contributed by atoms with Crippen LogP contribution in [0.4, 0.5) is 5.69 Å². The van der Waals surface area contributed by atoms with E-state index in [0.29, 0.717) is 5.75 Å². The number of nitrogens with zero attached hydrogens (tertiary/aromatic N) is 1. The molecule has 1 saturated heterocycles. The SMILES string of the molecule is COc1ccc(N2C(=O)CS[C@@H]2c2ccc(SC)cc2)cc1. The second-order valence-electron chi connectivity index (χ2n) is 4.90. The van der Waals surface area contributed by atoms with Gasteiger partial charge in [-0.25, -0.2) is 0 Å². The van der Waals surface area contributed by atoms with Gasteiger partial charge in [0.2, 0.25) is 5.91 Å². The molecule has 5 heteroatoms. The van der Waals surface area contributed by atoms with E-state index in [1.807, 2.05) is 29.2 Å². The predicted octanol–water partition coefficient (Wildman–Crippen LogP) is 4.20. The number of ether oxygens (including phenoxy) is 1. The van der Waals surface area contributed by atoms with Crippen LogP contribution in [0.25, 0.3) is 0 Å². The Morgan fingerprint density at radius 3 is 2.41 bits per heavy atom. The lowest BCUT2D eigenvalue weighted by Crippen LogP contribution is -2.27. The fraction of sp³-hybridized carbons (Fsp3) is 0.235. The molecule has 22 heavy (non-hydrogen) atoms. The third-order valence-corrected chi connectivity index (χ3v) is 5.58. The van der Waals surface area contributed by atoms with E-state index in [1.54, 1.807) is 30.6 Å². The van der Waals surface area contributed by atoms with E-state index in [0.717, 1.165) is 17.0 Å². The van der Waals surface area contributed by atoms with Gasteiger partial charge >= 0.3 is 0 Å². The Balaban J connectivity index is 1.90. The molecule has 2 aromatic rings. The number of carbonyl (C=O) groups excluding carboxylic acids is 1.